The van der Waals surface area contributed by atoms with Crippen LogP contribution in [0.3, 0.4) is 0 Å². The Balaban J connectivity index is 0.887. The summed E-state index contributed by atoms with van der Waals surface area (Å²) in [7, 11) is 0. The molecular formula is C64H42N6S. The van der Waals surface area contributed by atoms with E-state index in [-0.39, 0.29) is 0 Å². The van der Waals surface area contributed by atoms with E-state index in [1.807, 2.05) is 35.6 Å². The highest BCUT2D eigenvalue weighted by Gasteiger charge is 2.21. The molecule has 0 aliphatic carbocycles. The summed E-state index contributed by atoms with van der Waals surface area (Å²) in [5.41, 5.74) is 24.8. The fraction of sp³-hybridized carbons (Fsp3) is 0. The van der Waals surface area contributed by atoms with E-state index in [1.54, 1.807) is 6.20 Å². The van der Waals surface area contributed by atoms with Crippen molar-refractivity contribution in [2.75, 3.05) is 0 Å². The topological polar surface area (TPSA) is 71.8 Å². The molecule has 5 heterocycles. The molecule has 0 amide bonds. The molecule has 0 fully saturated rings. The zero-order chi connectivity index (χ0) is 46.9. The summed E-state index contributed by atoms with van der Waals surface area (Å²) in [6.07, 6.45) is 6.01. The molecule has 5 aromatic heterocycles. The quantitative estimate of drug-likeness (QED) is 0.180. The van der Waals surface area contributed by atoms with Crippen LogP contribution in [-0.4, -0.2) is 18.3 Å². The lowest BCUT2D eigenvalue weighted by molar-refractivity contribution is 1.13. The monoisotopic (exact) mass is 926 g/mol. The van der Waals surface area contributed by atoms with E-state index >= 15 is 0 Å². The van der Waals surface area contributed by atoms with Gasteiger partial charge in [0.15, 0.2) is 0 Å². The molecule has 0 radical (unpaired) electrons. The maximum atomic E-state index is 7.17. The first kappa shape index (κ1) is 39.7. The Morgan fingerprint density at radius 1 is 0.408 bits per heavy atom. The number of benzene rings is 10. The van der Waals surface area contributed by atoms with Crippen LogP contribution in [0.5, 0.6) is 0 Å². The molecule has 6 nitrogen and oxygen atoms in total. The van der Waals surface area contributed by atoms with Crippen molar-refractivity contribution in [3.63, 3.8) is 0 Å². The Morgan fingerprint density at radius 3 is 1.86 bits per heavy atom. The molecule has 0 saturated heterocycles. The molecule has 0 aliphatic heterocycles. The van der Waals surface area contributed by atoms with Gasteiger partial charge in [-0.05, 0) is 118 Å². The average Bonchev–Trinajstić information content (AvgIpc) is 4.27. The van der Waals surface area contributed by atoms with Crippen LogP contribution in [0, 0.1) is 0 Å². The third-order valence-corrected chi connectivity index (χ3v) is 15.9. The van der Waals surface area contributed by atoms with Gasteiger partial charge in [-0.15, -0.1) is 11.3 Å². The number of rotatable bonds is 5. The van der Waals surface area contributed by atoms with Gasteiger partial charge in [0, 0.05) is 88.2 Å². The molecule has 0 spiro atoms. The Bertz CT molecular complexity index is 4820. The van der Waals surface area contributed by atoms with Crippen LogP contribution in [0.2, 0.25) is 0 Å². The number of hydrogen-bond acceptors (Lipinski definition) is 3. The molecule has 15 aromatic rings. The van der Waals surface area contributed by atoms with Crippen LogP contribution < -0.4 is 21.9 Å². The number of nitrogens with zero attached hydrogens (tertiary/aromatic N) is 4. The summed E-state index contributed by atoms with van der Waals surface area (Å²) in [4.78, 5) is 0. The third kappa shape index (κ3) is 5.87. The minimum atomic E-state index is 0.642. The van der Waals surface area contributed by atoms with Crippen molar-refractivity contribution in [3.8, 4) is 27.5 Å². The van der Waals surface area contributed by atoms with Gasteiger partial charge in [-0.25, -0.2) is 0 Å². The zero-order valence-corrected chi connectivity index (χ0v) is 39.1. The number of nitrogens with two attached hydrogens (primary N) is 2. The Morgan fingerprint density at radius 2 is 1.07 bits per heavy atom. The second-order valence-electron chi connectivity index (χ2n) is 18.6. The summed E-state index contributed by atoms with van der Waals surface area (Å²) in [6, 6.07) is 77.1. The molecule has 7 heteroatoms. The highest BCUT2D eigenvalue weighted by Crippen LogP contribution is 2.43. The maximum absolute atomic E-state index is 7.17. The lowest BCUT2D eigenvalue weighted by atomic mass is 10.0. The van der Waals surface area contributed by atoms with Crippen LogP contribution in [0.25, 0.3) is 137 Å². The number of hydrogen-bond donors (Lipinski definition) is 2. The molecule has 71 heavy (non-hydrogen) atoms. The highest BCUT2D eigenvalue weighted by molar-refractivity contribution is 7.21. The SMILES string of the molecule is N/C=c1/cccc/c1=C(/N)n1c2ccccc2c2ccc3cc4c(ccn4-c4cccc(-c5ccc6c(c5)c5ccc7cc8c(ccn8-c8ccccc8)cc7c5n6-c5cc6ccccc6s5)c4)cc3c21. The normalized spacial score (nSPS) is 12.9. The van der Waals surface area contributed by atoms with Gasteiger partial charge in [-0.3, -0.25) is 9.13 Å². The van der Waals surface area contributed by atoms with Crippen molar-refractivity contribution >= 4 is 120 Å². The fourth-order valence-corrected chi connectivity index (χ4v) is 12.6. The lowest BCUT2D eigenvalue weighted by Crippen LogP contribution is -2.33. The van der Waals surface area contributed by atoms with Crippen LogP contribution in [0.1, 0.15) is 0 Å². The van der Waals surface area contributed by atoms with Crippen molar-refractivity contribution in [1.29, 1.82) is 0 Å². The average molecular weight is 927 g/mol. The summed E-state index contributed by atoms with van der Waals surface area (Å²) in [5.74, 6) is 0.642. The minimum absolute atomic E-state index is 0.642. The van der Waals surface area contributed by atoms with Crippen molar-refractivity contribution < 1.29 is 0 Å². The first-order chi connectivity index (χ1) is 35.1. The van der Waals surface area contributed by atoms with E-state index in [4.69, 9.17) is 11.5 Å². The molecule has 334 valence electrons. The molecule has 0 saturated carbocycles. The van der Waals surface area contributed by atoms with E-state index in [0.717, 1.165) is 70.9 Å². The smallest absolute Gasteiger partial charge is 0.116 e. The molecule has 0 bridgehead atoms. The molecule has 4 N–H and O–H groups in total. The Hall–Kier alpha value is -9.30. The largest absolute Gasteiger partial charge is 0.404 e. The van der Waals surface area contributed by atoms with Gasteiger partial charge < -0.3 is 20.6 Å². The molecule has 0 unspecified atom stereocenters. The number of para-hydroxylation sites is 2. The van der Waals surface area contributed by atoms with Gasteiger partial charge in [-0.1, -0.05) is 121 Å². The van der Waals surface area contributed by atoms with E-state index in [9.17, 15) is 0 Å². The lowest BCUT2D eigenvalue weighted by Gasteiger charge is -2.12. The third-order valence-electron chi connectivity index (χ3n) is 14.8. The second-order valence-corrected chi connectivity index (χ2v) is 19.7. The molecule has 0 aliphatic rings. The highest BCUT2D eigenvalue weighted by atomic mass is 32.1. The number of fused-ring (bicyclic) bond motifs is 13. The molecular weight excluding hydrogens is 885 g/mol. The number of thiophene rings is 1. The predicted octanol–water partition coefficient (Wildman–Crippen LogP) is 14.2. The molecule has 15 rings (SSSR count). The summed E-state index contributed by atoms with van der Waals surface area (Å²) in [5, 5.41) is 16.1. The molecule has 10 aromatic carbocycles. The standard InChI is InChI=1S/C64H42N6S/c65-38-46-12-4-6-17-49(46)64(66)70-56-19-8-7-18-50(56)51-24-21-42-36-59-44(34-54(42)63(51)70)28-30-68(59)48-16-10-13-39(31-48)40-23-26-57-55(32-40)52-25-22-41-35-58-43(27-29-67(58)47-14-2-1-3-15-47)33-53(41)62(52)69(57)61-37-45-11-5-9-20-60(45)71-61/h1-38H,65-66H2/b46-38-,64-49+. The second kappa shape index (κ2) is 15.1. The summed E-state index contributed by atoms with van der Waals surface area (Å²) < 4.78 is 10.6. The van der Waals surface area contributed by atoms with Crippen molar-refractivity contribution in [1.82, 2.24) is 18.3 Å². The van der Waals surface area contributed by atoms with Gasteiger partial charge in [-0.2, -0.15) is 0 Å². The van der Waals surface area contributed by atoms with Crippen LogP contribution in [0.4, 0.5) is 0 Å². The van der Waals surface area contributed by atoms with Crippen LogP contribution >= 0.6 is 11.3 Å². The fourth-order valence-electron chi connectivity index (χ4n) is 11.5. The summed E-state index contributed by atoms with van der Waals surface area (Å²) >= 11 is 1.85. The van der Waals surface area contributed by atoms with Gasteiger partial charge >= 0.3 is 0 Å². The van der Waals surface area contributed by atoms with Crippen LogP contribution in [-0.2, 0) is 0 Å². The van der Waals surface area contributed by atoms with E-state index < -0.39 is 0 Å². The summed E-state index contributed by atoms with van der Waals surface area (Å²) in [6.45, 7) is 0. The Kier molecular flexibility index (Phi) is 8.44. The van der Waals surface area contributed by atoms with Crippen LogP contribution in [0.15, 0.2) is 225 Å². The van der Waals surface area contributed by atoms with Crippen molar-refractivity contribution in [2.24, 2.45) is 11.5 Å². The minimum Gasteiger partial charge on any atom is -0.404 e. The van der Waals surface area contributed by atoms with Gasteiger partial charge in [0.25, 0.3) is 0 Å². The van der Waals surface area contributed by atoms with Gasteiger partial charge in [0.1, 0.15) is 10.8 Å². The van der Waals surface area contributed by atoms with E-state index in [2.05, 4.69) is 219 Å². The maximum Gasteiger partial charge on any atom is 0.116 e. The zero-order valence-electron chi connectivity index (χ0n) is 38.3. The van der Waals surface area contributed by atoms with E-state index in [1.165, 1.54) is 64.1 Å². The van der Waals surface area contributed by atoms with Gasteiger partial charge in [0.2, 0.25) is 0 Å². The van der Waals surface area contributed by atoms with Crippen molar-refractivity contribution in [3.05, 3.63) is 235 Å². The number of aromatic nitrogens is 4. The molecule has 0 atom stereocenters. The Labute approximate surface area is 410 Å². The first-order valence-electron chi connectivity index (χ1n) is 24.0. The van der Waals surface area contributed by atoms with Crippen molar-refractivity contribution in [2.45, 2.75) is 0 Å². The predicted molar refractivity (Wildman–Crippen MR) is 301 cm³/mol. The first-order valence-corrected chi connectivity index (χ1v) is 24.8. The van der Waals surface area contributed by atoms with Gasteiger partial charge in [0.05, 0.1) is 33.1 Å². The van der Waals surface area contributed by atoms with E-state index in [0.29, 0.717) is 5.82 Å².